The predicted molar refractivity (Wildman–Crippen MR) is 359 cm³/mol. The average molecular weight is 1300 g/mol. The molecule has 21 nitrogen and oxygen atoms in total. The normalized spacial score (nSPS) is 11.7. The highest BCUT2D eigenvalue weighted by Gasteiger charge is 2.27. The Hall–Kier alpha value is -7.93. The number of ketones is 2. The van der Waals surface area contributed by atoms with Gasteiger partial charge in [0, 0.05) is 72.0 Å². The van der Waals surface area contributed by atoms with Crippen molar-refractivity contribution < 1.29 is 38.6 Å². The summed E-state index contributed by atoms with van der Waals surface area (Å²) in [5.41, 5.74) is 13.9. The number of carboxylic acid groups (broad SMARTS) is 1. The number of esters is 1. The van der Waals surface area contributed by atoms with Crippen LogP contribution in [0.2, 0.25) is 5.28 Å². The van der Waals surface area contributed by atoms with Crippen molar-refractivity contribution in [2.24, 2.45) is 5.92 Å². The van der Waals surface area contributed by atoms with E-state index in [9.17, 15) is 24.0 Å². The lowest BCUT2D eigenvalue weighted by molar-refractivity contribution is -0.143. The number of nitrogens with one attached hydrogen (secondary N) is 2. The third-order valence-electron chi connectivity index (χ3n) is 12.6. The van der Waals surface area contributed by atoms with Gasteiger partial charge >= 0.3 is 18.0 Å². The lowest BCUT2D eigenvalue weighted by Crippen LogP contribution is -2.46. The molecule has 6 heterocycles. The van der Waals surface area contributed by atoms with E-state index in [4.69, 9.17) is 27.2 Å². The summed E-state index contributed by atoms with van der Waals surface area (Å²) in [4.78, 5) is 87.1. The molecule has 0 aliphatic rings. The minimum atomic E-state index is -0.908. The highest BCUT2D eigenvalue weighted by Crippen LogP contribution is 2.31. The van der Waals surface area contributed by atoms with E-state index in [1.54, 1.807) is 82.0 Å². The van der Waals surface area contributed by atoms with E-state index < -0.39 is 35.6 Å². The number of thiol groups is 1. The number of carbonyl (C=O) groups is 5. The van der Waals surface area contributed by atoms with Crippen molar-refractivity contribution in [3.63, 3.8) is 0 Å². The number of hydrogen-bond donors (Lipinski definition) is 5. The molecule has 0 bridgehead atoms. The van der Waals surface area contributed by atoms with Crippen LogP contribution < -0.4 is 16.4 Å². The zero-order chi connectivity index (χ0) is 64.4. The van der Waals surface area contributed by atoms with Gasteiger partial charge in [-0.3, -0.25) is 23.7 Å². The molecule has 0 fully saturated rings. The molecule has 6 aromatic heterocycles. The van der Waals surface area contributed by atoms with Crippen LogP contribution in [-0.2, 0) is 55.8 Å². The average Bonchev–Trinajstić information content (AvgIpc) is 3.16. The maximum Gasteiger partial charge on any atom is 0.408 e. The number of aromatic nitrogens is 10. The second kappa shape index (κ2) is 34.2. The summed E-state index contributed by atoms with van der Waals surface area (Å²) < 4.78 is 12.8. The number of anilines is 3. The maximum atomic E-state index is 12.7. The van der Waals surface area contributed by atoms with E-state index in [0.717, 1.165) is 59.7 Å². The molecule has 0 saturated carbocycles. The van der Waals surface area contributed by atoms with Gasteiger partial charge in [0.15, 0.2) is 11.6 Å². The number of ether oxygens (including phenoxy) is 2. The second-order valence-electron chi connectivity index (χ2n) is 23.2. The highest BCUT2D eigenvalue weighted by atomic mass is 35.5. The zero-order valence-corrected chi connectivity index (χ0v) is 54.9. The fourth-order valence-electron chi connectivity index (χ4n) is 8.04. The van der Waals surface area contributed by atoms with Gasteiger partial charge in [-0.05, 0) is 112 Å². The first-order valence-corrected chi connectivity index (χ1v) is 30.7. The molecule has 0 saturated heterocycles. The summed E-state index contributed by atoms with van der Waals surface area (Å²) in [5, 5.41) is 25.0. The van der Waals surface area contributed by atoms with Crippen molar-refractivity contribution in [1.82, 2.24) is 54.8 Å². The quantitative estimate of drug-likeness (QED) is 0.0218. The van der Waals surface area contributed by atoms with Crippen LogP contribution in [0.15, 0.2) is 98.1 Å². The number of carbonyl (C=O) groups excluding carboxylic acids is 4. The summed E-state index contributed by atoms with van der Waals surface area (Å²) in [5.74, 6) is -1.32. The van der Waals surface area contributed by atoms with Gasteiger partial charge in [-0.1, -0.05) is 87.6 Å². The summed E-state index contributed by atoms with van der Waals surface area (Å²) in [6.07, 6.45) is 16.4. The van der Waals surface area contributed by atoms with Gasteiger partial charge in [-0.25, -0.2) is 39.5 Å². The standard InChI is InChI=1S/C28H32N6O3S.C21H22ClN3OS.C12H20N4O4.CH4S.2CH4/c1-17-12-20(7-6-19(17)8-9-23(35)24-14-30-26(38-24)28(3,4)5)22-10-11-29-27(33-22)32-21-13-31-34(16-21)15-18(2)25(36)37;1-13-11-15(16-9-10-23-20(22)25-16)6-5-14(13)7-8-17(26)18-12-24-19(27-18)21(2,3)4;1-12(2,3)20-11(18)15-9(10(17)19-4)7-16-6-8(13)5-14-16;1-2;;/h6-7,10-14,16,18H,8-9,15H2,1-5H3,(H,36,37)(H,29,32,33);5-6,9-12H,7-8H2,1-4H3;5-6,9H,7,13H2,1-4H3,(H,15,18);2H,1H3;2*1H4/t18-;;9-;;;/m0.0.../s1. The molecule has 5 N–H and O–H groups in total. The van der Waals surface area contributed by atoms with Crippen LogP contribution in [0, 0.1) is 19.8 Å². The molecular formula is C64H86ClN13O8S3. The van der Waals surface area contributed by atoms with Crippen molar-refractivity contribution in [3.8, 4) is 22.5 Å². The zero-order valence-electron chi connectivity index (χ0n) is 51.6. The minimum absolute atomic E-state index is 0. The van der Waals surface area contributed by atoms with Crippen LogP contribution in [0.4, 0.5) is 22.1 Å². The number of carboxylic acids is 1. The molecule has 1 amide bonds. The number of amides is 1. The molecule has 0 aliphatic heterocycles. The number of aliphatic carboxylic acids is 1. The number of benzene rings is 2. The van der Waals surface area contributed by atoms with E-state index in [2.05, 4.69) is 135 Å². The Labute approximate surface area is 541 Å². The lowest BCUT2D eigenvalue weighted by Gasteiger charge is -2.22. The molecular weight excluding hydrogens is 1210 g/mol. The van der Waals surface area contributed by atoms with Gasteiger partial charge in [0.25, 0.3) is 0 Å². The predicted octanol–water partition coefficient (Wildman–Crippen LogP) is 13.7. The Morgan fingerprint density at radius 1 is 0.697 bits per heavy atom. The van der Waals surface area contributed by atoms with Crippen molar-refractivity contribution in [3.05, 3.63) is 145 Å². The van der Waals surface area contributed by atoms with Gasteiger partial charge in [0.05, 0.1) is 81.0 Å². The lowest BCUT2D eigenvalue weighted by atomic mass is 9.98. The number of rotatable bonds is 19. The van der Waals surface area contributed by atoms with Gasteiger partial charge in [-0.2, -0.15) is 22.8 Å². The molecule has 2 atom stereocenters. The number of nitrogen functional groups attached to an aromatic ring is 1. The smallest absolute Gasteiger partial charge is 0.408 e. The van der Waals surface area contributed by atoms with Crippen LogP contribution in [0.3, 0.4) is 0 Å². The third-order valence-corrected chi connectivity index (χ3v) is 15.7. The SMILES string of the molecule is C.C.COC(=O)[C@H](Cn1cc(N)cn1)NC(=O)OC(C)(C)C.CS.Cc1cc(-c2ccnc(Cl)n2)ccc1CCC(=O)c1cnc(C(C)(C)C)s1.Cc1cc(-c2ccnc(Nc3cnn(C[C@H](C)C(=O)O)c3)n2)ccc1CCC(=O)c1cnc(C(C)(C)C)s1. The molecule has 0 unspecified atom stereocenters. The molecule has 8 rings (SSSR count). The van der Waals surface area contributed by atoms with Crippen molar-refractivity contribution in [2.75, 3.05) is 24.4 Å². The minimum Gasteiger partial charge on any atom is -0.481 e. The molecule has 0 radical (unpaired) electrons. The van der Waals surface area contributed by atoms with Gasteiger partial charge in [0.1, 0.15) is 11.6 Å². The molecule has 89 heavy (non-hydrogen) atoms. The Morgan fingerprint density at radius 2 is 1.19 bits per heavy atom. The van der Waals surface area contributed by atoms with E-state index >= 15 is 0 Å². The Kier molecular flexibility index (Phi) is 28.9. The van der Waals surface area contributed by atoms with E-state index in [1.807, 2.05) is 37.3 Å². The number of nitrogens with two attached hydrogens (primary N) is 1. The van der Waals surface area contributed by atoms with Crippen LogP contribution in [-0.4, -0.2) is 109 Å². The maximum absolute atomic E-state index is 12.7. The van der Waals surface area contributed by atoms with E-state index in [1.165, 1.54) is 40.7 Å². The number of alkyl carbamates (subject to hydrolysis) is 1. The molecule has 2 aromatic carbocycles. The number of methoxy groups -OCH3 is 1. The fourth-order valence-corrected chi connectivity index (χ4v) is 10.1. The van der Waals surface area contributed by atoms with Crippen LogP contribution >= 0.6 is 46.9 Å². The number of aryl methyl sites for hydroxylation is 4. The number of Topliss-reactive ketones (excluding diaryl/α,β-unsaturated/α-hetero) is 2. The summed E-state index contributed by atoms with van der Waals surface area (Å²) in [6.45, 7) is 23.9. The fraction of sp³-hybridized carbons (Fsp3) is 0.422. The van der Waals surface area contributed by atoms with Crippen molar-refractivity contribution >= 4 is 93.8 Å². The molecule has 480 valence electrons. The van der Waals surface area contributed by atoms with Gasteiger partial charge in [-0.15, -0.1) is 22.7 Å². The third kappa shape index (κ3) is 23.8. The highest BCUT2D eigenvalue weighted by molar-refractivity contribution is 7.79. The Balaban J connectivity index is 0.000000358. The van der Waals surface area contributed by atoms with Crippen molar-refractivity contribution in [2.45, 2.75) is 159 Å². The monoisotopic (exact) mass is 1300 g/mol. The van der Waals surface area contributed by atoms with Gasteiger partial charge < -0.3 is 30.9 Å². The molecule has 0 spiro atoms. The molecule has 25 heteroatoms. The van der Waals surface area contributed by atoms with Crippen molar-refractivity contribution in [1.29, 1.82) is 0 Å². The molecule has 0 aliphatic carbocycles. The number of thiazole rings is 2. The first-order chi connectivity index (χ1) is 40.9. The van der Waals surface area contributed by atoms with Gasteiger partial charge in [0.2, 0.25) is 11.2 Å². The Bertz CT molecular complexity index is 3620. The Morgan fingerprint density at radius 3 is 1.63 bits per heavy atom. The number of nitrogens with zero attached hydrogens (tertiary/aromatic N) is 10. The van der Waals surface area contributed by atoms with Crippen LogP contribution in [0.1, 0.15) is 149 Å². The molecule has 8 aromatic rings. The first kappa shape index (κ1) is 75.3. The van der Waals surface area contributed by atoms with Crippen LogP contribution in [0.25, 0.3) is 22.5 Å². The first-order valence-electron chi connectivity index (χ1n) is 27.8. The summed E-state index contributed by atoms with van der Waals surface area (Å²) in [6, 6.07) is 15.0. The van der Waals surface area contributed by atoms with E-state index in [-0.39, 0.29) is 55.6 Å². The summed E-state index contributed by atoms with van der Waals surface area (Å²) >= 11 is 12.4. The second-order valence-corrected chi connectivity index (χ2v) is 25.6. The summed E-state index contributed by atoms with van der Waals surface area (Å²) in [7, 11) is 1.24. The largest absolute Gasteiger partial charge is 0.481 e. The number of halogens is 1. The van der Waals surface area contributed by atoms with E-state index in [0.29, 0.717) is 47.9 Å². The topological polar surface area (TPSA) is 287 Å². The van der Waals surface area contributed by atoms with Crippen LogP contribution in [0.5, 0.6) is 0 Å². The number of hydrogen-bond acceptors (Lipinski definition) is 20.